The minimum Gasteiger partial charge on any atom is -0.465 e. The van der Waals surface area contributed by atoms with Crippen LogP contribution < -0.4 is 15.5 Å². The lowest BCUT2D eigenvalue weighted by Crippen LogP contribution is -2.60. The van der Waals surface area contributed by atoms with E-state index in [9.17, 15) is 23.8 Å². The maximum atomic E-state index is 13.8. The highest BCUT2D eigenvalue weighted by atomic mass is 19.1. The number of amides is 1. The Morgan fingerprint density at radius 1 is 1.18 bits per heavy atom. The van der Waals surface area contributed by atoms with Crippen molar-refractivity contribution in [3.05, 3.63) is 65.2 Å². The quantitative estimate of drug-likeness (QED) is 0.390. The van der Waals surface area contributed by atoms with Crippen LogP contribution in [-0.2, 0) is 16.7 Å². The maximum absolute atomic E-state index is 13.8. The number of aliphatic hydroxyl groups excluding tert-OH is 1. The third kappa shape index (κ3) is 5.65. The molecule has 2 bridgehead atoms. The molecule has 1 amide bonds. The van der Waals surface area contributed by atoms with E-state index in [4.69, 9.17) is 4.74 Å². The Labute approximate surface area is 222 Å². The molecule has 2 aromatic carbocycles. The van der Waals surface area contributed by atoms with Crippen molar-refractivity contribution in [1.82, 2.24) is 10.6 Å². The van der Waals surface area contributed by atoms with E-state index in [2.05, 4.69) is 39.8 Å². The maximum Gasteiger partial charge on any atom is 0.404 e. The third-order valence-electron chi connectivity index (χ3n) is 8.19. The molecular formula is C29H37F2N3O4. The zero-order valence-corrected chi connectivity index (χ0v) is 22.1. The molecule has 2 aromatic rings. The van der Waals surface area contributed by atoms with Gasteiger partial charge in [-0.2, -0.15) is 0 Å². The first-order valence-electron chi connectivity index (χ1n) is 13.3. The van der Waals surface area contributed by atoms with Gasteiger partial charge in [-0.3, -0.25) is 0 Å². The van der Waals surface area contributed by atoms with Gasteiger partial charge in [0.1, 0.15) is 11.6 Å². The molecule has 206 valence electrons. The van der Waals surface area contributed by atoms with Crippen molar-refractivity contribution < 1.29 is 28.5 Å². The zero-order chi connectivity index (χ0) is 27.2. The number of morpholine rings is 1. The Balaban J connectivity index is 1.39. The van der Waals surface area contributed by atoms with E-state index < -0.39 is 41.3 Å². The molecular weight excluding hydrogens is 492 g/mol. The molecule has 3 fully saturated rings. The number of nitrogens with one attached hydrogen (secondary N) is 2. The zero-order valence-electron chi connectivity index (χ0n) is 22.1. The molecule has 7 nitrogen and oxygen atoms in total. The SMILES string of the molecule is CC(C)(C)C(NC1(c2cccc(N3CC4CC3CO4)c2)CC1)C(O)C(Cc1cc(F)cc(F)c1)NC(=O)O. The highest BCUT2D eigenvalue weighted by Gasteiger charge is 2.50. The van der Waals surface area contributed by atoms with Crippen LogP contribution in [0.25, 0.3) is 0 Å². The average molecular weight is 530 g/mol. The van der Waals surface area contributed by atoms with Gasteiger partial charge in [0.25, 0.3) is 0 Å². The summed E-state index contributed by atoms with van der Waals surface area (Å²) in [4.78, 5) is 14.1. The fourth-order valence-electron chi connectivity index (χ4n) is 6.08. The monoisotopic (exact) mass is 529 g/mol. The van der Waals surface area contributed by atoms with E-state index in [0.717, 1.165) is 61.9 Å². The number of aliphatic hydroxyl groups is 1. The first-order chi connectivity index (χ1) is 17.9. The number of carboxylic acid groups (broad SMARTS) is 1. The minimum absolute atomic E-state index is 0.0571. The Kier molecular flexibility index (Phi) is 7.13. The summed E-state index contributed by atoms with van der Waals surface area (Å²) in [5.74, 6) is -1.49. The molecule has 2 saturated heterocycles. The van der Waals surface area contributed by atoms with Crippen LogP contribution in [0.4, 0.5) is 19.3 Å². The van der Waals surface area contributed by atoms with Crippen molar-refractivity contribution in [1.29, 1.82) is 0 Å². The lowest BCUT2D eigenvalue weighted by molar-refractivity contribution is 0.0323. The van der Waals surface area contributed by atoms with E-state index in [-0.39, 0.29) is 17.5 Å². The minimum atomic E-state index is -1.31. The summed E-state index contributed by atoms with van der Waals surface area (Å²) in [5, 5.41) is 27.2. The van der Waals surface area contributed by atoms with Gasteiger partial charge in [-0.25, -0.2) is 13.6 Å². The molecule has 9 heteroatoms. The Morgan fingerprint density at radius 2 is 1.89 bits per heavy atom. The molecule has 5 rings (SSSR count). The van der Waals surface area contributed by atoms with Gasteiger partial charge in [-0.1, -0.05) is 32.9 Å². The second kappa shape index (κ2) is 10.1. The first-order valence-corrected chi connectivity index (χ1v) is 13.3. The predicted octanol–water partition coefficient (Wildman–Crippen LogP) is 4.18. The molecule has 1 saturated carbocycles. The largest absolute Gasteiger partial charge is 0.465 e. The number of benzene rings is 2. The molecule has 2 aliphatic heterocycles. The molecule has 2 heterocycles. The van der Waals surface area contributed by atoms with Gasteiger partial charge in [0.15, 0.2) is 0 Å². The molecule has 4 N–H and O–H groups in total. The van der Waals surface area contributed by atoms with Crippen molar-refractivity contribution in [3.63, 3.8) is 0 Å². The number of anilines is 1. The second-order valence-electron chi connectivity index (χ2n) is 12.1. The molecule has 38 heavy (non-hydrogen) atoms. The van der Waals surface area contributed by atoms with Gasteiger partial charge in [-0.05, 0) is 66.5 Å². The van der Waals surface area contributed by atoms with Crippen LogP contribution in [0.2, 0.25) is 0 Å². The van der Waals surface area contributed by atoms with Crippen molar-refractivity contribution in [2.75, 3.05) is 18.1 Å². The van der Waals surface area contributed by atoms with Gasteiger partial charge in [0.2, 0.25) is 0 Å². The van der Waals surface area contributed by atoms with Crippen LogP contribution in [0.15, 0.2) is 42.5 Å². The second-order valence-corrected chi connectivity index (χ2v) is 12.1. The van der Waals surface area contributed by atoms with Crippen molar-refractivity contribution >= 4 is 11.8 Å². The third-order valence-corrected chi connectivity index (χ3v) is 8.19. The normalized spacial score (nSPS) is 24.2. The van der Waals surface area contributed by atoms with Gasteiger partial charge in [0.05, 0.1) is 30.9 Å². The Morgan fingerprint density at radius 3 is 2.45 bits per heavy atom. The van der Waals surface area contributed by atoms with Crippen LogP contribution in [0.1, 0.15) is 51.2 Å². The number of carbonyl (C=O) groups is 1. The van der Waals surface area contributed by atoms with E-state index >= 15 is 0 Å². The summed E-state index contributed by atoms with van der Waals surface area (Å²) in [6, 6.07) is 10.5. The number of fused-ring (bicyclic) bond motifs is 2. The summed E-state index contributed by atoms with van der Waals surface area (Å²) in [6.07, 6.45) is 0.592. The fourth-order valence-corrected chi connectivity index (χ4v) is 6.08. The van der Waals surface area contributed by atoms with Gasteiger partial charge in [-0.15, -0.1) is 0 Å². The molecule has 5 atom stereocenters. The number of ether oxygens (including phenoxy) is 1. The van der Waals surface area contributed by atoms with Crippen LogP contribution in [0.5, 0.6) is 0 Å². The van der Waals surface area contributed by atoms with Gasteiger partial charge in [0, 0.05) is 29.9 Å². The fraction of sp³-hybridized carbons (Fsp3) is 0.552. The number of halogens is 2. The predicted molar refractivity (Wildman–Crippen MR) is 140 cm³/mol. The number of rotatable bonds is 9. The highest BCUT2D eigenvalue weighted by Crippen LogP contribution is 2.48. The lowest BCUT2D eigenvalue weighted by Gasteiger charge is -2.41. The average Bonchev–Trinajstić information content (AvgIpc) is 3.30. The van der Waals surface area contributed by atoms with E-state index in [1.165, 1.54) is 0 Å². The van der Waals surface area contributed by atoms with Crippen LogP contribution in [-0.4, -0.2) is 59.8 Å². The van der Waals surface area contributed by atoms with Crippen LogP contribution in [0, 0.1) is 17.0 Å². The number of hydrogen-bond acceptors (Lipinski definition) is 5. The standard InChI is InChI=1S/C29H37F2N3O4/c1-28(2,3)26(25(35)24(32-27(36)37)11-17-9-19(30)13-20(31)10-17)33-29(7-8-29)18-5-4-6-21(12-18)34-15-23-14-22(34)16-38-23/h4-6,9-10,12-13,22-26,32-33,35H,7-8,11,14-16H2,1-3H3,(H,36,37). The molecule has 1 aliphatic carbocycles. The summed E-state index contributed by atoms with van der Waals surface area (Å²) in [6.45, 7) is 7.61. The summed E-state index contributed by atoms with van der Waals surface area (Å²) in [5.41, 5.74) is 1.77. The number of nitrogens with zero attached hydrogens (tertiary/aromatic N) is 1. The highest BCUT2D eigenvalue weighted by molar-refractivity contribution is 5.65. The molecule has 3 aliphatic rings. The lowest BCUT2D eigenvalue weighted by atomic mass is 9.79. The summed E-state index contributed by atoms with van der Waals surface area (Å²) >= 11 is 0. The van der Waals surface area contributed by atoms with Gasteiger partial charge < -0.3 is 30.5 Å². The van der Waals surface area contributed by atoms with Crippen LogP contribution >= 0.6 is 0 Å². The summed E-state index contributed by atoms with van der Waals surface area (Å²) in [7, 11) is 0. The van der Waals surface area contributed by atoms with Gasteiger partial charge >= 0.3 is 6.09 Å². The molecule has 0 aromatic heterocycles. The first kappa shape index (κ1) is 26.8. The smallest absolute Gasteiger partial charge is 0.404 e. The summed E-state index contributed by atoms with van der Waals surface area (Å²) < 4.78 is 33.4. The Hall–Kier alpha value is -2.75. The molecule has 0 spiro atoms. The topological polar surface area (TPSA) is 94.1 Å². The van der Waals surface area contributed by atoms with Crippen molar-refractivity contribution in [3.8, 4) is 0 Å². The Bertz CT molecular complexity index is 1160. The van der Waals surface area contributed by atoms with Crippen LogP contribution in [0.3, 0.4) is 0 Å². The van der Waals surface area contributed by atoms with E-state index in [1.54, 1.807) is 0 Å². The van der Waals surface area contributed by atoms with Crippen molar-refractivity contribution in [2.45, 2.75) is 82.3 Å². The van der Waals surface area contributed by atoms with E-state index in [1.807, 2.05) is 20.8 Å². The molecule has 5 unspecified atom stereocenters. The van der Waals surface area contributed by atoms with Crippen molar-refractivity contribution in [2.24, 2.45) is 5.41 Å². The van der Waals surface area contributed by atoms with E-state index in [0.29, 0.717) is 12.1 Å². The molecule has 0 radical (unpaired) electrons. The number of hydrogen-bond donors (Lipinski definition) is 4.